The fourth-order valence-corrected chi connectivity index (χ4v) is 3.92. The second-order valence-corrected chi connectivity index (χ2v) is 6.61. The van der Waals surface area contributed by atoms with Gasteiger partial charge < -0.3 is 5.73 Å². The Bertz CT molecular complexity index is 461. The Morgan fingerprint density at radius 3 is 2.58 bits per heavy atom. The standard InChI is InChI=1S/C14H19F2NOS/c15-11-6-7-14(12(16)8-11)19(18)9-13(17)10-4-2-1-3-5-10/h6-8,10,13H,1-5,9,17H2. The lowest BCUT2D eigenvalue weighted by Gasteiger charge is -2.27. The molecule has 2 N–H and O–H groups in total. The lowest BCUT2D eigenvalue weighted by molar-refractivity contribution is 0.318. The van der Waals surface area contributed by atoms with E-state index in [4.69, 9.17) is 5.73 Å². The molecule has 19 heavy (non-hydrogen) atoms. The van der Waals surface area contributed by atoms with E-state index in [2.05, 4.69) is 0 Å². The van der Waals surface area contributed by atoms with Crippen LogP contribution in [-0.4, -0.2) is 16.0 Å². The maximum atomic E-state index is 13.5. The van der Waals surface area contributed by atoms with Crippen LogP contribution in [0.15, 0.2) is 23.1 Å². The van der Waals surface area contributed by atoms with Crippen molar-refractivity contribution in [3.63, 3.8) is 0 Å². The zero-order valence-corrected chi connectivity index (χ0v) is 11.6. The third kappa shape index (κ3) is 3.83. The molecule has 0 radical (unpaired) electrons. The summed E-state index contributed by atoms with van der Waals surface area (Å²) in [7, 11) is -1.50. The summed E-state index contributed by atoms with van der Waals surface area (Å²) in [5.41, 5.74) is 6.08. The molecule has 2 atom stereocenters. The van der Waals surface area contributed by atoms with Crippen molar-refractivity contribution >= 4 is 10.8 Å². The highest BCUT2D eigenvalue weighted by atomic mass is 32.2. The molecule has 1 aliphatic rings. The van der Waals surface area contributed by atoms with Gasteiger partial charge in [-0.25, -0.2) is 8.78 Å². The van der Waals surface area contributed by atoms with Gasteiger partial charge in [0.25, 0.3) is 0 Å². The molecule has 2 unspecified atom stereocenters. The van der Waals surface area contributed by atoms with Crippen LogP contribution in [-0.2, 0) is 10.8 Å². The maximum Gasteiger partial charge on any atom is 0.142 e. The molecule has 106 valence electrons. The maximum absolute atomic E-state index is 13.5. The third-order valence-electron chi connectivity index (χ3n) is 3.74. The number of hydrogen-bond donors (Lipinski definition) is 1. The highest BCUT2D eigenvalue weighted by Crippen LogP contribution is 2.26. The van der Waals surface area contributed by atoms with Crippen molar-refractivity contribution in [3.05, 3.63) is 29.8 Å². The fraction of sp³-hybridized carbons (Fsp3) is 0.571. The van der Waals surface area contributed by atoms with Gasteiger partial charge in [0.1, 0.15) is 11.6 Å². The summed E-state index contributed by atoms with van der Waals surface area (Å²) in [5.74, 6) is -0.794. The topological polar surface area (TPSA) is 43.1 Å². The van der Waals surface area contributed by atoms with Crippen molar-refractivity contribution in [1.82, 2.24) is 0 Å². The van der Waals surface area contributed by atoms with Crippen molar-refractivity contribution in [2.45, 2.75) is 43.0 Å². The van der Waals surface area contributed by atoms with Gasteiger partial charge in [-0.3, -0.25) is 4.21 Å². The van der Waals surface area contributed by atoms with Crippen LogP contribution in [0.1, 0.15) is 32.1 Å². The minimum absolute atomic E-state index is 0.0488. The van der Waals surface area contributed by atoms with Crippen LogP contribution in [0.4, 0.5) is 8.78 Å². The zero-order chi connectivity index (χ0) is 13.8. The van der Waals surface area contributed by atoms with Crippen LogP contribution in [0.3, 0.4) is 0 Å². The average molecular weight is 287 g/mol. The first-order valence-electron chi connectivity index (χ1n) is 6.67. The number of hydrogen-bond acceptors (Lipinski definition) is 2. The molecule has 2 rings (SSSR count). The highest BCUT2D eigenvalue weighted by molar-refractivity contribution is 7.85. The molecule has 1 saturated carbocycles. The number of halogens is 2. The number of benzene rings is 1. The second kappa shape index (κ2) is 6.57. The van der Waals surface area contributed by atoms with E-state index in [-0.39, 0.29) is 16.7 Å². The summed E-state index contributed by atoms with van der Waals surface area (Å²) in [6.45, 7) is 0. The zero-order valence-electron chi connectivity index (χ0n) is 10.8. The van der Waals surface area contributed by atoms with E-state index < -0.39 is 22.4 Å². The van der Waals surface area contributed by atoms with E-state index >= 15 is 0 Å². The van der Waals surface area contributed by atoms with Crippen molar-refractivity contribution < 1.29 is 13.0 Å². The molecule has 1 aliphatic carbocycles. The minimum atomic E-state index is -1.50. The quantitative estimate of drug-likeness (QED) is 0.925. The van der Waals surface area contributed by atoms with Crippen LogP contribution in [0.25, 0.3) is 0 Å². The molecule has 0 heterocycles. The SMILES string of the molecule is NC(CS(=O)c1ccc(F)cc1F)C1CCCCC1. The van der Waals surface area contributed by atoms with Crippen molar-refractivity contribution in [3.8, 4) is 0 Å². The molecule has 1 aromatic carbocycles. The van der Waals surface area contributed by atoms with Gasteiger partial charge in [0.2, 0.25) is 0 Å². The summed E-state index contributed by atoms with van der Waals surface area (Å²) in [5, 5.41) is 0. The average Bonchev–Trinajstić information content (AvgIpc) is 2.39. The van der Waals surface area contributed by atoms with E-state index in [0.29, 0.717) is 5.92 Å². The van der Waals surface area contributed by atoms with E-state index in [1.165, 1.54) is 12.5 Å². The van der Waals surface area contributed by atoms with Gasteiger partial charge in [0.05, 0.1) is 15.7 Å². The number of rotatable bonds is 4. The molecule has 1 fully saturated rings. The Balaban J connectivity index is 1.99. The van der Waals surface area contributed by atoms with Crippen LogP contribution in [0.5, 0.6) is 0 Å². The van der Waals surface area contributed by atoms with E-state index in [0.717, 1.165) is 37.8 Å². The molecule has 0 saturated heterocycles. The predicted molar refractivity (Wildman–Crippen MR) is 72.2 cm³/mol. The Kier molecular flexibility index (Phi) is 5.05. The Morgan fingerprint density at radius 2 is 1.95 bits per heavy atom. The molecule has 0 spiro atoms. The van der Waals surface area contributed by atoms with Gasteiger partial charge in [0, 0.05) is 17.9 Å². The fourth-order valence-electron chi connectivity index (χ4n) is 2.62. The minimum Gasteiger partial charge on any atom is -0.327 e. The first-order valence-corrected chi connectivity index (χ1v) is 7.99. The summed E-state index contributed by atoms with van der Waals surface area (Å²) in [6.07, 6.45) is 5.68. The Hall–Kier alpha value is -0.810. The molecule has 1 aromatic rings. The van der Waals surface area contributed by atoms with E-state index in [9.17, 15) is 13.0 Å². The Morgan fingerprint density at radius 1 is 1.26 bits per heavy atom. The van der Waals surface area contributed by atoms with Crippen LogP contribution < -0.4 is 5.73 Å². The molecular formula is C14H19F2NOS. The first-order chi connectivity index (χ1) is 9.08. The van der Waals surface area contributed by atoms with Gasteiger partial charge in [0.15, 0.2) is 0 Å². The molecule has 5 heteroatoms. The molecule has 0 aliphatic heterocycles. The summed E-state index contributed by atoms with van der Waals surface area (Å²) in [4.78, 5) is 0.0488. The lowest BCUT2D eigenvalue weighted by atomic mass is 9.85. The molecular weight excluding hydrogens is 268 g/mol. The second-order valence-electron chi connectivity index (χ2n) is 5.15. The van der Waals surface area contributed by atoms with Gasteiger partial charge in [-0.2, -0.15) is 0 Å². The normalized spacial score (nSPS) is 20.2. The Labute approximate surface area is 114 Å². The van der Waals surface area contributed by atoms with E-state index in [1.807, 2.05) is 0 Å². The molecule has 0 amide bonds. The molecule has 2 nitrogen and oxygen atoms in total. The number of nitrogens with two attached hydrogens (primary N) is 1. The monoisotopic (exact) mass is 287 g/mol. The highest BCUT2D eigenvalue weighted by Gasteiger charge is 2.23. The van der Waals surface area contributed by atoms with Crippen molar-refractivity contribution in [2.75, 3.05) is 5.75 Å². The molecule has 0 aromatic heterocycles. The van der Waals surface area contributed by atoms with Crippen LogP contribution in [0.2, 0.25) is 0 Å². The molecule has 0 bridgehead atoms. The predicted octanol–water partition coefficient (Wildman–Crippen LogP) is 2.98. The summed E-state index contributed by atoms with van der Waals surface area (Å²) in [6, 6.07) is 2.96. The van der Waals surface area contributed by atoms with Crippen LogP contribution >= 0.6 is 0 Å². The summed E-state index contributed by atoms with van der Waals surface area (Å²) < 4.78 is 38.4. The van der Waals surface area contributed by atoms with Gasteiger partial charge in [-0.05, 0) is 30.9 Å². The van der Waals surface area contributed by atoms with Gasteiger partial charge in [-0.15, -0.1) is 0 Å². The van der Waals surface area contributed by atoms with Gasteiger partial charge >= 0.3 is 0 Å². The van der Waals surface area contributed by atoms with E-state index in [1.54, 1.807) is 0 Å². The third-order valence-corrected chi connectivity index (χ3v) is 5.25. The largest absolute Gasteiger partial charge is 0.327 e. The lowest BCUT2D eigenvalue weighted by Crippen LogP contribution is -2.36. The smallest absolute Gasteiger partial charge is 0.142 e. The first kappa shape index (κ1) is 14.6. The summed E-state index contributed by atoms with van der Waals surface area (Å²) >= 11 is 0. The van der Waals surface area contributed by atoms with Crippen molar-refractivity contribution in [2.24, 2.45) is 11.7 Å². The van der Waals surface area contributed by atoms with Gasteiger partial charge in [-0.1, -0.05) is 19.3 Å². The van der Waals surface area contributed by atoms with Crippen LogP contribution in [0, 0.1) is 17.6 Å². The van der Waals surface area contributed by atoms with Crippen molar-refractivity contribution in [1.29, 1.82) is 0 Å².